The highest BCUT2D eigenvalue weighted by atomic mass is 79.9. The van der Waals surface area contributed by atoms with Gasteiger partial charge in [-0.3, -0.25) is 9.59 Å². The Balaban J connectivity index is 2.00. The Morgan fingerprint density at radius 1 is 1.29 bits per heavy atom. The Bertz CT molecular complexity index is 575. The zero-order valence-corrected chi connectivity index (χ0v) is 13.3. The summed E-state index contributed by atoms with van der Waals surface area (Å²) in [6.45, 7) is 0.294. The fourth-order valence-corrected chi connectivity index (χ4v) is 2.57. The van der Waals surface area contributed by atoms with Gasteiger partial charge in [0.25, 0.3) is 0 Å². The van der Waals surface area contributed by atoms with Crippen LogP contribution in [0.2, 0.25) is 0 Å². The number of aliphatic carboxylic acids is 1. The molecule has 114 valence electrons. The number of methoxy groups -OCH3 is 2. The Morgan fingerprint density at radius 3 is 2.43 bits per heavy atom. The molecule has 2 atom stereocenters. The quantitative estimate of drug-likeness (QED) is 0.810. The molecule has 6 nitrogen and oxygen atoms in total. The van der Waals surface area contributed by atoms with Crippen molar-refractivity contribution in [3.8, 4) is 11.5 Å². The highest BCUT2D eigenvalue weighted by Crippen LogP contribution is 2.39. The summed E-state index contributed by atoms with van der Waals surface area (Å²) < 4.78 is 11.2. The van der Waals surface area contributed by atoms with Gasteiger partial charge in [0.1, 0.15) is 0 Å². The maximum atomic E-state index is 11.8. The summed E-state index contributed by atoms with van der Waals surface area (Å²) in [5, 5.41) is 11.6. The number of hydrogen-bond donors (Lipinski definition) is 2. The number of ether oxygens (including phenoxy) is 2. The van der Waals surface area contributed by atoms with Gasteiger partial charge < -0.3 is 19.9 Å². The largest absolute Gasteiger partial charge is 0.493 e. The van der Waals surface area contributed by atoms with E-state index in [2.05, 4.69) is 21.2 Å². The van der Waals surface area contributed by atoms with Crippen LogP contribution in [0.3, 0.4) is 0 Å². The van der Waals surface area contributed by atoms with E-state index >= 15 is 0 Å². The predicted octanol–water partition coefficient (Wildman–Crippen LogP) is 1.80. The van der Waals surface area contributed by atoms with E-state index in [4.69, 9.17) is 14.6 Å². The monoisotopic (exact) mass is 357 g/mol. The summed E-state index contributed by atoms with van der Waals surface area (Å²) in [6, 6.07) is 3.53. The first-order valence-corrected chi connectivity index (χ1v) is 7.18. The Kier molecular flexibility index (Phi) is 4.72. The van der Waals surface area contributed by atoms with Crippen molar-refractivity contribution < 1.29 is 24.2 Å². The number of carbonyl (C=O) groups excluding carboxylic acids is 1. The first kappa shape index (κ1) is 15.6. The van der Waals surface area contributed by atoms with Crippen LogP contribution in [0, 0.1) is 11.8 Å². The molecule has 0 aromatic heterocycles. The van der Waals surface area contributed by atoms with Crippen LogP contribution in [-0.4, -0.2) is 31.2 Å². The molecule has 1 fully saturated rings. The zero-order chi connectivity index (χ0) is 15.6. The van der Waals surface area contributed by atoms with E-state index in [0.717, 1.165) is 10.0 Å². The van der Waals surface area contributed by atoms with Crippen LogP contribution in [0.1, 0.15) is 12.0 Å². The molecule has 1 aliphatic carbocycles. The smallest absolute Gasteiger partial charge is 0.307 e. The number of halogens is 1. The minimum Gasteiger partial charge on any atom is -0.493 e. The van der Waals surface area contributed by atoms with Crippen LogP contribution >= 0.6 is 15.9 Å². The van der Waals surface area contributed by atoms with E-state index in [1.165, 1.54) is 7.11 Å². The Hall–Kier alpha value is -1.76. The van der Waals surface area contributed by atoms with Crippen molar-refractivity contribution >= 4 is 27.8 Å². The lowest BCUT2D eigenvalue weighted by Crippen LogP contribution is -2.26. The van der Waals surface area contributed by atoms with Gasteiger partial charge in [0, 0.05) is 11.0 Å². The molecule has 1 aliphatic rings. The zero-order valence-electron chi connectivity index (χ0n) is 11.7. The number of carboxylic acid groups (broad SMARTS) is 1. The summed E-state index contributed by atoms with van der Waals surface area (Å²) in [6.07, 6.45) is 0.411. The van der Waals surface area contributed by atoms with E-state index in [9.17, 15) is 9.59 Å². The van der Waals surface area contributed by atoms with Gasteiger partial charge in [0.15, 0.2) is 11.5 Å². The number of amides is 1. The maximum Gasteiger partial charge on any atom is 0.307 e. The second-order valence-electron chi connectivity index (χ2n) is 4.80. The highest BCUT2D eigenvalue weighted by Gasteiger charge is 2.48. The molecular weight excluding hydrogens is 342 g/mol. The molecule has 2 rings (SSSR count). The molecule has 7 heteroatoms. The van der Waals surface area contributed by atoms with E-state index in [0.29, 0.717) is 24.5 Å². The fraction of sp³-hybridized carbons (Fsp3) is 0.429. The predicted molar refractivity (Wildman–Crippen MR) is 78.3 cm³/mol. The van der Waals surface area contributed by atoms with Gasteiger partial charge in [0.05, 0.1) is 26.1 Å². The van der Waals surface area contributed by atoms with Crippen molar-refractivity contribution in [3.63, 3.8) is 0 Å². The standard InChI is InChI=1S/C14H16BrNO5/c1-20-11-3-7(10(15)5-12(11)21-2)6-16-13(17)8-4-9(8)14(18)19/h3,5,8-9H,4,6H2,1-2H3,(H,16,17)(H,18,19). The van der Waals surface area contributed by atoms with Gasteiger partial charge in [-0.15, -0.1) is 0 Å². The van der Waals surface area contributed by atoms with Crippen molar-refractivity contribution in [3.05, 3.63) is 22.2 Å². The molecule has 0 bridgehead atoms. The van der Waals surface area contributed by atoms with Gasteiger partial charge in [-0.05, 0) is 24.1 Å². The number of benzene rings is 1. The molecule has 1 aromatic carbocycles. The molecule has 2 unspecified atom stereocenters. The van der Waals surface area contributed by atoms with Crippen molar-refractivity contribution in [1.29, 1.82) is 0 Å². The van der Waals surface area contributed by atoms with Crippen molar-refractivity contribution in [2.75, 3.05) is 14.2 Å². The Morgan fingerprint density at radius 2 is 1.90 bits per heavy atom. The molecule has 0 aliphatic heterocycles. The number of carboxylic acids is 1. The van der Waals surface area contributed by atoms with Crippen LogP contribution in [0.4, 0.5) is 0 Å². The van der Waals surface area contributed by atoms with Gasteiger partial charge in [-0.2, -0.15) is 0 Å². The maximum absolute atomic E-state index is 11.8. The van der Waals surface area contributed by atoms with Crippen LogP contribution < -0.4 is 14.8 Å². The third-order valence-electron chi connectivity index (χ3n) is 3.45. The molecule has 0 heterocycles. The number of carbonyl (C=O) groups is 2. The first-order chi connectivity index (χ1) is 9.97. The van der Waals surface area contributed by atoms with E-state index in [-0.39, 0.29) is 5.91 Å². The van der Waals surface area contributed by atoms with E-state index < -0.39 is 17.8 Å². The second kappa shape index (κ2) is 6.34. The van der Waals surface area contributed by atoms with Crippen LogP contribution in [0.5, 0.6) is 11.5 Å². The lowest BCUT2D eigenvalue weighted by molar-refractivity contribution is -0.140. The molecule has 21 heavy (non-hydrogen) atoms. The van der Waals surface area contributed by atoms with Crippen LogP contribution in [0.25, 0.3) is 0 Å². The summed E-state index contributed by atoms with van der Waals surface area (Å²) in [7, 11) is 3.08. The molecule has 1 aromatic rings. The summed E-state index contributed by atoms with van der Waals surface area (Å²) >= 11 is 3.41. The van der Waals surface area contributed by atoms with Crippen molar-refractivity contribution in [2.45, 2.75) is 13.0 Å². The lowest BCUT2D eigenvalue weighted by atomic mass is 10.2. The average molecular weight is 358 g/mol. The Labute approximate surface area is 130 Å². The summed E-state index contributed by atoms with van der Waals surface area (Å²) in [4.78, 5) is 22.6. The van der Waals surface area contributed by atoms with Crippen molar-refractivity contribution in [1.82, 2.24) is 5.32 Å². The van der Waals surface area contributed by atoms with Gasteiger partial charge in [0.2, 0.25) is 5.91 Å². The van der Waals surface area contributed by atoms with Crippen LogP contribution in [0.15, 0.2) is 16.6 Å². The highest BCUT2D eigenvalue weighted by molar-refractivity contribution is 9.10. The second-order valence-corrected chi connectivity index (χ2v) is 5.66. The lowest BCUT2D eigenvalue weighted by Gasteiger charge is -2.12. The van der Waals surface area contributed by atoms with Crippen molar-refractivity contribution in [2.24, 2.45) is 11.8 Å². The third-order valence-corrected chi connectivity index (χ3v) is 4.19. The minimum atomic E-state index is -0.914. The minimum absolute atomic E-state index is 0.232. The number of nitrogens with one attached hydrogen (secondary N) is 1. The van der Waals surface area contributed by atoms with Gasteiger partial charge in [-0.1, -0.05) is 15.9 Å². The molecule has 1 amide bonds. The normalized spacial score (nSPS) is 19.8. The van der Waals surface area contributed by atoms with E-state index in [1.807, 2.05) is 0 Å². The van der Waals surface area contributed by atoms with Gasteiger partial charge in [-0.25, -0.2) is 0 Å². The number of hydrogen-bond acceptors (Lipinski definition) is 4. The van der Waals surface area contributed by atoms with Gasteiger partial charge >= 0.3 is 5.97 Å². The SMILES string of the molecule is COc1cc(Br)c(CNC(=O)C2CC2C(=O)O)cc1OC. The fourth-order valence-electron chi connectivity index (χ4n) is 2.10. The molecule has 0 radical (unpaired) electrons. The molecule has 2 N–H and O–H groups in total. The van der Waals surface area contributed by atoms with Crippen LogP contribution in [-0.2, 0) is 16.1 Å². The molecular formula is C14H16BrNO5. The molecule has 0 spiro atoms. The molecule has 0 saturated heterocycles. The third kappa shape index (κ3) is 3.47. The average Bonchev–Trinajstić information content (AvgIpc) is 3.25. The summed E-state index contributed by atoms with van der Waals surface area (Å²) in [5.41, 5.74) is 0.827. The topological polar surface area (TPSA) is 84.9 Å². The van der Waals surface area contributed by atoms with E-state index in [1.54, 1.807) is 19.2 Å². The first-order valence-electron chi connectivity index (χ1n) is 6.38. The molecule has 1 saturated carbocycles. The summed E-state index contributed by atoms with van der Waals surface area (Å²) in [5.74, 6) is -0.945. The number of rotatable bonds is 6.